The van der Waals surface area contributed by atoms with E-state index >= 15 is 0 Å². The van der Waals surface area contributed by atoms with Crippen molar-refractivity contribution in [1.82, 2.24) is 4.98 Å². The minimum Gasteiger partial charge on any atom is -0.243 e. The van der Waals surface area contributed by atoms with Crippen LogP contribution in [0.1, 0.15) is 16.8 Å². The molecule has 2 rings (SSSR count). The molecule has 0 N–H and O–H groups in total. The Morgan fingerprint density at radius 1 is 1.26 bits per heavy atom. The van der Waals surface area contributed by atoms with E-state index in [0.717, 1.165) is 0 Å². The molecule has 1 heterocycles. The molecule has 0 fully saturated rings. The van der Waals surface area contributed by atoms with Crippen molar-refractivity contribution in [2.75, 3.05) is 0 Å². The molecule has 1 nitrogen and oxygen atoms in total. The van der Waals surface area contributed by atoms with Gasteiger partial charge in [-0.2, -0.15) is 13.2 Å². The second kappa shape index (κ2) is 4.59. The van der Waals surface area contributed by atoms with Gasteiger partial charge in [0.15, 0.2) is 0 Å². The van der Waals surface area contributed by atoms with E-state index in [1.807, 2.05) is 0 Å². The zero-order valence-corrected chi connectivity index (χ0v) is 12.1. The summed E-state index contributed by atoms with van der Waals surface area (Å²) in [5.74, 6) is -0.713. The second-order valence-corrected chi connectivity index (χ2v) is 5.34. The van der Waals surface area contributed by atoms with E-state index in [0.29, 0.717) is 5.56 Å². The molecule has 0 saturated carbocycles. The first-order chi connectivity index (χ1) is 8.64. The number of benzene rings is 1. The molecule has 7 heteroatoms. The van der Waals surface area contributed by atoms with Gasteiger partial charge >= 0.3 is 6.18 Å². The molecule has 1 aromatic carbocycles. The van der Waals surface area contributed by atoms with Gasteiger partial charge in [-0.1, -0.05) is 11.6 Å². The molecule has 19 heavy (non-hydrogen) atoms. The van der Waals surface area contributed by atoms with Crippen molar-refractivity contribution in [2.45, 2.75) is 20.0 Å². The maximum atomic E-state index is 14.0. The molecule has 0 spiro atoms. The number of hydrogen-bond acceptors (Lipinski definition) is 1. The van der Waals surface area contributed by atoms with Crippen molar-refractivity contribution in [2.24, 2.45) is 0 Å². The van der Waals surface area contributed by atoms with E-state index in [1.165, 1.54) is 13.0 Å². The number of hydrogen-bond donors (Lipinski definition) is 0. The highest BCUT2D eigenvalue weighted by Crippen LogP contribution is 2.39. The topological polar surface area (TPSA) is 12.9 Å². The molecular formula is C12H7BrClF4N. The van der Waals surface area contributed by atoms with Gasteiger partial charge in [-0.05, 0) is 47.0 Å². The summed E-state index contributed by atoms with van der Waals surface area (Å²) >= 11 is 8.89. The second-order valence-electron chi connectivity index (χ2n) is 4.11. The third-order valence-electron chi connectivity index (χ3n) is 2.78. The van der Waals surface area contributed by atoms with Crippen molar-refractivity contribution < 1.29 is 17.6 Å². The highest BCUT2D eigenvalue weighted by Gasteiger charge is 2.36. The number of alkyl halides is 3. The average Bonchev–Trinajstić information content (AvgIpc) is 2.28. The molecule has 0 aliphatic carbocycles. The normalized spacial score (nSPS) is 12.2. The molecule has 0 radical (unpaired) electrons. The SMILES string of the molecule is Cc1c(C(F)(F)F)nc2c(C)cc(Br)c(F)c2c1Cl. The molecular weight excluding hydrogens is 349 g/mol. The minimum atomic E-state index is -4.63. The summed E-state index contributed by atoms with van der Waals surface area (Å²) < 4.78 is 52.7. The van der Waals surface area contributed by atoms with Crippen LogP contribution in [0, 0.1) is 19.7 Å². The number of rotatable bonds is 0. The Morgan fingerprint density at radius 2 is 1.84 bits per heavy atom. The van der Waals surface area contributed by atoms with Gasteiger partial charge in [-0.15, -0.1) is 0 Å². The van der Waals surface area contributed by atoms with Gasteiger partial charge in [0, 0.05) is 0 Å². The zero-order valence-electron chi connectivity index (χ0n) is 9.79. The molecule has 0 aliphatic heterocycles. The molecule has 0 bridgehead atoms. The van der Waals surface area contributed by atoms with Gasteiger partial charge in [0.25, 0.3) is 0 Å². The third-order valence-corrected chi connectivity index (χ3v) is 3.83. The lowest BCUT2D eigenvalue weighted by Gasteiger charge is -2.15. The first-order valence-corrected chi connectivity index (χ1v) is 6.33. The van der Waals surface area contributed by atoms with Crippen molar-refractivity contribution in [3.63, 3.8) is 0 Å². The van der Waals surface area contributed by atoms with Gasteiger partial charge in [0.05, 0.1) is 20.4 Å². The van der Waals surface area contributed by atoms with Crippen LogP contribution >= 0.6 is 27.5 Å². The van der Waals surface area contributed by atoms with Crippen molar-refractivity contribution in [3.8, 4) is 0 Å². The smallest absolute Gasteiger partial charge is 0.243 e. The van der Waals surface area contributed by atoms with Crippen LogP contribution in [-0.2, 0) is 6.18 Å². The van der Waals surface area contributed by atoms with E-state index in [4.69, 9.17) is 11.6 Å². The Morgan fingerprint density at radius 3 is 2.37 bits per heavy atom. The van der Waals surface area contributed by atoms with Gasteiger partial charge in [0.1, 0.15) is 11.5 Å². The average molecular weight is 357 g/mol. The number of fused-ring (bicyclic) bond motifs is 1. The maximum absolute atomic E-state index is 14.0. The Balaban J connectivity index is 3.01. The maximum Gasteiger partial charge on any atom is 0.433 e. The van der Waals surface area contributed by atoms with Crippen LogP contribution in [0.5, 0.6) is 0 Å². The van der Waals surface area contributed by atoms with Crippen LogP contribution < -0.4 is 0 Å². The summed E-state index contributed by atoms with van der Waals surface area (Å²) in [5.41, 5.74) is -1.04. The van der Waals surface area contributed by atoms with E-state index < -0.39 is 17.7 Å². The van der Waals surface area contributed by atoms with Gasteiger partial charge < -0.3 is 0 Å². The number of pyridine rings is 1. The van der Waals surface area contributed by atoms with E-state index in [1.54, 1.807) is 6.92 Å². The van der Waals surface area contributed by atoms with E-state index in [-0.39, 0.29) is 26.0 Å². The summed E-state index contributed by atoms with van der Waals surface area (Å²) in [4.78, 5) is 3.54. The Kier molecular flexibility index (Phi) is 3.51. The quantitative estimate of drug-likeness (QED) is 0.574. The lowest BCUT2D eigenvalue weighted by atomic mass is 10.1. The monoisotopic (exact) mass is 355 g/mol. The van der Waals surface area contributed by atoms with Crippen molar-refractivity contribution in [1.29, 1.82) is 0 Å². The largest absolute Gasteiger partial charge is 0.433 e. The molecule has 0 amide bonds. The predicted molar refractivity (Wildman–Crippen MR) is 68.9 cm³/mol. The predicted octanol–water partition coefficient (Wildman–Crippen LogP) is 5.43. The summed E-state index contributed by atoms with van der Waals surface area (Å²) in [5, 5.41) is -0.363. The fraction of sp³-hybridized carbons (Fsp3) is 0.250. The van der Waals surface area contributed by atoms with E-state index in [2.05, 4.69) is 20.9 Å². The number of aryl methyl sites for hydroxylation is 1. The van der Waals surface area contributed by atoms with Crippen LogP contribution in [-0.4, -0.2) is 4.98 Å². The Labute approximate surface area is 119 Å². The van der Waals surface area contributed by atoms with Crippen LogP contribution in [0.15, 0.2) is 10.5 Å². The van der Waals surface area contributed by atoms with Crippen molar-refractivity contribution in [3.05, 3.63) is 38.2 Å². The fourth-order valence-corrected chi connectivity index (χ4v) is 2.65. The number of aromatic nitrogens is 1. The highest BCUT2D eigenvalue weighted by molar-refractivity contribution is 9.10. The molecule has 0 saturated heterocycles. The first-order valence-electron chi connectivity index (χ1n) is 5.16. The Hall–Kier alpha value is -0.880. The summed E-state index contributed by atoms with van der Waals surface area (Å²) in [6.45, 7) is 2.72. The minimum absolute atomic E-state index is 0.0800. The third kappa shape index (κ3) is 2.31. The van der Waals surface area contributed by atoms with Crippen LogP contribution in [0.3, 0.4) is 0 Å². The standard InChI is InChI=1S/C12H7BrClF4N/c1-4-3-6(13)9(15)7-8(14)5(2)11(12(16,17)18)19-10(4)7/h3H,1-2H3. The molecule has 0 aliphatic rings. The van der Waals surface area contributed by atoms with Crippen LogP contribution in [0.4, 0.5) is 17.6 Å². The fourth-order valence-electron chi connectivity index (χ4n) is 1.85. The molecule has 0 atom stereocenters. The Bertz CT molecular complexity index is 682. The molecule has 1 aromatic heterocycles. The molecule has 102 valence electrons. The van der Waals surface area contributed by atoms with Crippen LogP contribution in [0.25, 0.3) is 10.9 Å². The summed E-state index contributed by atoms with van der Waals surface area (Å²) in [6.07, 6.45) is -4.63. The summed E-state index contributed by atoms with van der Waals surface area (Å²) in [7, 11) is 0. The highest BCUT2D eigenvalue weighted by atomic mass is 79.9. The lowest BCUT2D eigenvalue weighted by molar-refractivity contribution is -0.141. The number of nitrogens with zero attached hydrogens (tertiary/aromatic N) is 1. The lowest BCUT2D eigenvalue weighted by Crippen LogP contribution is -2.12. The zero-order chi connectivity index (χ0) is 14.5. The first kappa shape index (κ1) is 14.5. The van der Waals surface area contributed by atoms with Crippen molar-refractivity contribution >= 4 is 38.4 Å². The van der Waals surface area contributed by atoms with Gasteiger partial charge in [-0.3, -0.25) is 0 Å². The number of halogens is 6. The molecule has 0 unspecified atom stereocenters. The van der Waals surface area contributed by atoms with Crippen LogP contribution in [0.2, 0.25) is 5.02 Å². The molecule has 2 aromatic rings. The van der Waals surface area contributed by atoms with Gasteiger partial charge in [-0.25, -0.2) is 9.37 Å². The summed E-state index contributed by atoms with van der Waals surface area (Å²) in [6, 6.07) is 1.37. The van der Waals surface area contributed by atoms with Gasteiger partial charge in [0.2, 0.25) is 0 Å². The van der Waals surface area contributed by atoms with E-state index in [9.17, 15) is 17.6 Å².